The Bertz CT molecular complexity index is 1190. The van der Waals surface area contributed by atoms with Crippen LogP contribution in [0.1, 0.15) is 17.0 Å². The Morgan fingerprint density at radius 1 is 1.14 bits per heavy atom. The Morgan fingerprint density at radius 2 is 1.89 bits per heavy atom. The molecule has 0 spiro atoms. The molecule has 10 heteroatoms. The standard InChI is InChI=1S/C18H16F3N3O3S/c1-11-5-6-14-16(22-11)15-10-23(7-8-24(15)17(14)25)28(26,27)13-4-2-3-12(9-13)18(19,20)21/h2-6,9,25H,7-8,10H2,1H3. The van der Waals surface area contributed by atoms with E-state index in [4.69, 9.17) is 0 Å². The van der Waals surface area contributed by atoms with Gasteiger partial charge >= 0.3 is 6.18 Å². The van der Waals surface area contributed by atoms with Crippen LogP contribution in [0.4, 0.5) is 13.2 Å². The first-order chi connectivity index (χ1) is 13.1. The van der Waals surface area contributed by atoms with E-state index in [1.54, 1.807) is 23.6 Å². The molecule has 0 bridgehead atoms. The highest BCUT2D eigenvalue weighted by atomic mass is 32.2. The number of benzene rings is 1. The summed E-state index contributed by atoms with van der Waals surface area (Å²) in [5, 5.41) is 10.9. The van der Waals surface area contributed by atoms with Gasteiger partial charge < -0.3 is 9.67 Å². The Hall–Kier alpha value is -2.59. The van der Waals surface area contributed by atoms with Gasteiger partial charge in [0.2, 0.25) is 15.9 Å². The van der Waals surface area contributed by atoms with E-state index in [1.165, 1.54) is 0 Å². The van der Waals surface area contributed by atoms with E-state index >= 15 is 0 Å². The maximum Gasteiger partial charge on any atom is 0.416 e. The highest BCUT2D eigenvalue weighted by molar-refractivity contribution is 7.89. The number of hydrogen-bond donors (Lipinski definition) is 1. The Morgan fingerprint density at radius 3 is 2.61 bits per heavy atom. The van der Waals surface area contributed by atoms with Crippen molar-refractivity contribution in [2.45, 2.75) is 31.1 Å². The number of alkyl halides is 3. The van der Waals surface area contributed by atoms with Gasteiger partial charge in [-0.1, -0.05) is 6.07 Å². The predicted octanol–water partition coefficient (Wildman–Crippen LogP) is 3.27. The van der Waals surface area contributed by atoms with Crippen LogP contribution in [0.25, 0.3) is 10.9 Å². The molecule has 28 heavy (non-hydrogen) atoms. The van der Waals surface area contributed by atoms with Gasteiger partial charge in [-0.25, -0.2) is 8.42 Å². The SMILES string of the molecule is Cc1ccc2c(O)n3c(c2n1)CN(S(=O)(=O)c1cccc(C(F)(F)F)c1)CC3. The quantitative estimate of drug-likeness (QED) is 0.702. The monoisotopic (exact) mass is 411 g/mol. The molecule has 0 atom stereocenters. The van der Waals surface area contributed by atoms with Crippen molar-refractivity contribution >= 4 is 20.9 Å². The van der Waals surface area contributed by atoms with Gasteiger partial charge in [-0.2, -0.15) is 17.5 Å². The van der Waals surface area contributed by atoms with Crippen molar-refractivity contribution in [3.63, 3.8) is 0 Å². The zero-order valence-electron chi connectivity index (χ0n) is 14.7. The zero-order chi connectivity index (χ0) is 20.3. The molecule has 3 heterocycles. The first-order valence-corrected chi connectivity index (χ1v) is 9.88. The van der Waals surface area contributed by atoms with E-state index in [9.17, 15) is 26.7 Å². The van der Waals surface area contributed by atoms with Gasteiger partial charge in [0, 0.05) is 18.8 Å². The summed E-state index contributed by atoms with van der Waals surface area (Å²) in [5.74, 6) is 0.00798. The molecular formula is C18H16F3N3O3S. The van der Waals surface area contributed by atoms with Crippen LogP contribution in [0.2, 0.25) is 0 Å². The summed E-state index contributed by atoms with van der Waals surface area (Å²) in [7, 11) is -4.15. The van der Waals surface area contributed by atoms with Crippen molar-refractivity contribution in [3.8, 4) is 5.88 Å². The molecule has 148 valence electrons. The van der Waals surface area contributed by atoms with Crippen LogP contribution in [0.3, 0.4) is 0 Å². The molecule has 0 saturated heterocycles. The number of aromatic nitrogens is 2. The molecule has 1 N–H and O–H groups in total. The molecule has 6 nitrogen and oxygen atoms in total. The van der Waals surface area contributed by atoms with Crippen LogP contribution in [-0.2, 0) is 29.3 Å². The van der Waals surface area contributed by atoms with Crippen LogP contribution in [0.15, 0.2) is 41.3 Å². The molecule has 0 radical (unpaired) electrons. The molecule has 0 unspecified atom stereocenters. The highest BCUT2D eigenvalue weighted by Gasteiger charge is 2.35. The van der Waals surface area contributed by atoms with Gasteiger partial charge in [-0.3, -0.25) is 4.98 Å². The number of halogens is 3. The number of fused-ring (bicyclic) bond motifs is 3. The minimum Gasteiger partial charge on any atom is -0.494 e. The van der Waals surface area contributed by atoms with Gasteiger partial charge in [0.15, 0.2) is 0 Å². The third-order valence-electron chi connectivity index (χ3n) is 4.83. The predicted molar refractivity (Wildman–Crippen MR) is 95.2 cm³/mol. The summed E-state index contributed by atoms with van der Waals surface area (Å²) in [6, 6.07) is 7.15. The molecule has 4 rings (SSSR count). The lowest BCUT2D eigenvalue weighted by Gasteiger charge is -2.28. The number of hydrogen-bond acceptors (Lipinski definition) is 4. The van der Waals surface area contributed by atoms with Gasteiger partial charge in [0.1, 0.15) is 0 Å². The Kier molecular flexibility index (Phi) is 4.16. The lowest BCUT2D eigenvalue weighted by atomic mass is 10.2. The molecule has 0 aliphatic carbocycles. The van der Waals surface area contributed by atoms with E-state index < -0.39 is 26.7 Å². The number of nitrogens with zero attached hydrogens (tertiary/aromatic N) is 3. The maximum absolute atomic E-state index is 13.0. The topological polar surface area (TPSA) is 75.4 Å². The van der Waals surface area contributed by atoms with E-state index in [0.29, 0.717) is 28.4 Å². The van der Waals surface area contributed by atoms with Crippen LogP contribution in [0.5, 0.6) is 5.88 Å². The second-order valence-electron chi connectivity index (χ2n) is 6.63. The molecule has 2 aromatic heterocycles. The van der Waals surface area contributed by atoms with E-state index in [0.717, 1.165) is 22.5 Å². The smallest absolute Gasteiger partial charge is 0.416 e. The number of pyridine rings is 1. The molecule has 0 saturated carbocycles. The van der Waals surface area contributed by atoms with Gasteiger partial charge in [0.05, 0.1) is 33.6 Å². The average molecular weight is 411 g/mol. The number of aromatic hydroxyl groups is 1. The summed E-state index contributed by atoms with van der Waals surface area (Å²) in [6.45, 7) is 1.89. The third-order valence-corrected chi connectivity index (χ3v) is 6.67. The second-order valence-corrected chi connectivity index (χ2v) is 8.57. The minimum absolute atomic E-state index is 0.00798. The van der Waals surface area contributed by atoms with Crippen molar-refractivity contribution in [2.24, 2.45) is 0 Å². The number of sulfonamides is 1. The van der Waals surface area contributed by atoms with Crippen molar-refractivity contribution in [1.29, 1.82) is 0 Å². The van der Waals surface area contributed by atoms with E-state index in [-0.39, 0.29) is 25.5 Å². The fourth-order valence-electron chi connectivity index (χ4n) is 3.40. The molecule has 0 fully saturated rings. The zero-order valence-corrected chi connectivity index (χ0v) is 15.5. The molecule has 3 aromatic rings. The molecule has 1 aliphatic heterocycles. The Balaban J connectivity index is 1.76. The lowest BCUT2D eigenvalue weighted by molar-refractivity contribution is -0.137. The van der Waals surface area contributed by atoms with E-state index in [2.05, 4.69) is 4.98 Å². The van der Waals surface area contributed by atoms with Crippen molar-refractivity contribution < 1.29 is 26.7 Å². The van der Waals surface area contributed by atoms with Crippen LogP contribution in [-0.4, -0.2) is 33.9 Å². The second kappa shape index (κ2) is 6.21. The summed E-state index contributed by atoms with van der Waals surface area (Å²) in [4.78, 5) is 3.98. The summed E-state index contributed by atoms with van der Waals surface area (Å²) in [5.41, 5.74) is 0.688. The number of aryl methyl sites for hydroxylation is 1. The van der Waals surface area contributed by atoms with Crippen LogP contribution < -0.4 is 0 Å². The lowest BCUT2D eigenvalue weighted by Crippen LogP contribution is -2.38. The van der Waals surface area contributed by atoms with Crippen molar-refractivity contribution in [1.82, 2.24) is 13.9 Å². The Labute approximate surface area is 158 Å². The molecule has 1 aromatic carbocycles. The van der Waals surface area contributed by atoms with Gasteiger partial charge in [0.25, 0.3) is 0 Å². The van der Waals surface area contributed by atoms with Crippen LogP contribution >= 0.6 is 0 Å². The minimum atomic E-state index is -4.63. The van der Waals surface area contributed by atoms with Gasteiger partial charge in [-0.05, 0) is 37.3 Å². The number of rotatable bonds is 2. The average Bonchev–Trinajstić information content (AvgIpc) is 2.92. The fourth-order valence-corrected chi connectivity index (χ4v) is 4.84. The summed E-state index contributed by atoms with van der Waals surface area (Å²) < 4.78 is 67.5. The first-order valence-electron chi connectivity index (χ1n) is 8.44. The normalized spacial score (nSPS) is 15.7. The molecule has 0 amide bonds. The molecular weight excluding hydrogens is 395 g/mol. The largest absolute Gasteiger partial charge is 0.494 e. The van der Waals surface area contributed by atoms with Gasteiger partial charge in [-0.15, -0.1) is 0 Å². The molecule has 1 aliphatic rings. The summed E-state index contributed by atoms with van der Waals surface area (Å²) in [6.07, 6.45) is -4.63. The highest BCUT2D eigenvalue weighted by Crippen LogP contribution is 2.36. The van der Waals surface area contributed by atoms with Crippen molar-refractivity contribution in [3.05, 3.63) is 53.3 Å². The maximum atomic E-state index is 13.0. The fraction of sp³-hybridized carbons (Fsp3) is 0.278. The summed E-state index contributed by atoms with van der Waals surface area (Å²) >= 11 is 0. The first kappa shape index (κ1) is 18.8. The van der Waals surface area contributed by atoms with E-state index in [1.807, 2.05) is 0 Å². The third kappa shape index (κ3) is 2.92. The van der Waals surface area contributed by atoms with Crippen molar-refractivity contribution in [2.75, 3.05) is 6.54 Å². The van der Waals surface area contributed by atoms with Crippen LogP contribution in [0, 0.1) is 6.92 Å².